The molecule has 8 nitrogen and oxygen atoms in total. The first-order valence-electron chi connectivity index (χ1n) is 12.5. The van der Waals surface area contributed by atoms with Gasteiger partial charge in [0.05, 0.1) is 11.6 Å². The van der Waals surface area contributed by atoms with Crippen LogP contribution in [0.25, 0.3) is 0 Å². The Labute approximate surface area is 210 Å². The van der Waals surface area contributed by atoms with E-state index in [0.29, 0.717) is 36.7 Å². The number of aromatic hydroxyl groups is 1. The standard InChI is InChI=1S/C26H36N4O4S/c1-4-34-11-7-10-27-25(33)22-17-8-5-6-9-21(17)35-26(22)28-24(32)20-14-19(29-30-20)18-13-15(2)12-16(3)23(18)31/h12-13,19-20,29-31H,4-11,14H2,1-3H3,(H,27,33)(H,28,32). The third-order valence-corrected chi connectivity index (χ3v) is 7.87. The van der Waals surface area contributed by atoms with E-state index < -0.39 is 6.04 Å². The summed E-state index contributed by atoms with van der Waals surface area (Å²) in [7, 11) is 0. The first kappa shape index (κ1) is 25.6. The smallest absolute Gasteiger partial charge is 0.254 e. The van der Waals surface area contributed by atoms with Crippen molar-refractivity contribution in [3.63, 3.8) is 0 Å². The molecular formula is C26H36N4O4S. The van der Waals surface area contributed by atoms with Gasteiger partial charge < -0.3 is 20.5 Å². The van der Waals surface area contributed by atoms with Crippen LogP contribution in [0.4, 0.5) is 5.00 Å². The van der Waals surface area contributed by atoms with E-state index in [9.17, 15) is 14.7 Å². The third kappa shape index (κ3) is 5.86. The van der Waals surface area contributed by atoms with Crippen molar-refractivity contribution in [1.82, 2.24) is 16.2 Å². The fraction of sp³-hybridized carbons (Fsp3) is 0.538. The molecule has 1 aromatic heterocycles. The number of anilines is 1. The summed E-state index contributed by atoms with van der Waals surface area (Å²) in [6.07, 6.45) is 5.20. The number of thiophene rings is 1. The van der Waals surface area contributed by atoms with Crippen LogP contribution in [-0.4, -0.2) is 42.7 Å². The number of carbonyl (C=O) groups is 2. The van der Waals surface area contributed by atoms with Crippen molar-refractivity contribution in [3.8, 4) is 5.75 Å². The van der Waals surface area contributed by atoms with Crippen molar-refractivity contribution < 1.29 is 19.4 Å². The molecule has 2 heterocycles. The summed E-state index contributed by atoms with van der Waals surface area (Å²) in [5.41, 5.74) is 10.6. The van der Waals surface area contributed by atoms with Crippen molar-refractivity contribution in [3.05, 3.63) is 44.8 Å². The average molecular weight is 501 g/mol. The Morgan fingerprint density at radius 1 is 1.20 bits per heavy atom. The number of amides is 2. The average Bonchev–Trinajstić information content (AvgIpc) is 3.46. The van der Waals surface area contributed by atoms with E-state index in [1.54, 1.807) is 0 Å². The minimum atomic E-state index is -0.485. The minimum Gasteiger partial charge on any atom is -0.507 e. The highest BCUT2D eigenvalue weighted by Crippen LogP contribution is 2.39. The van der Waals surface area contributed by atoms with Crippen molar-refractivity contribution in [2.75, 3.05) is 25.1 Å². The molecule has 1 aromatic carbocycles. The van der Waals surface area contributed by atoms with Crippen LogP contribution >= 0.6 is 11.3 Å². The summed E-state index contributed by atoms with van der Waals surface area (Å²) < 4.78 is 5.36. The highest BCUT2D eigenvalue weighted by atomic mass is 32.1. The molecule has 2 aliphatic rings. The fourth-order valence-corrected chi connectivity index (χ4v) is 6.18. The number of rotatable bonds is 9. The van der Waals surface area contributed by atoms with Crippen molar-refractivity contribution in [2.45, 2.75) is 71.4 Å². The number of benzene rings is 1. The lowest BCUT2D eigenvalue weighted by Gasteiger charge is -2.15. The number of ether oxygens (including phenoxy) is 1. The first-order valence-corrected chi connectivity index (χ1v) is 13.3. The second-order valence-electron chi connectivity index (χ2n) is 9.36. The number of hydrogen-bond donors (Lipinski definition) is 5. The van der Waals surface area contributed by atoms with Crippen LogP contribution in [0.15, 0.2) is 12.1 Å². The Hall–Kier alpha value is -2.46. The largest absolute Gasteiger partial charge is 0.507 e. The molecule has 35 heavy (non-hydrogen) atoms. The number of carbonyl (C=O) groups excluding carboxylic acids is 2. The van der Waals surface area contributed by atoms with Gasteiger partial charge in [0.2, 0.25) is 5.91 Å². The van der Waals surface area contributed by atoms with Crippen LogP contribution in [0, 0.1) is 13.8 Å². The van der Waals surface area contributed by atoms with Crippen molar-refractivity contribution >= 4 is 28.2 Å². The molecular weight excluding hydrogens is 464 g/mol. The molecule has 2 atom stereocenters. The molecule has 1 aliphatic heterocycles. The van der Waals surface area contributed by atoms with Gasteiger partial charge in [-0.1, -0.05) is 17.7 Å². The summed E-state index contributed by atoms with van der Waals surface area (Å²) in [6.45, 7) is 7.62. The Morgan fingerprint density at radius 2 is 2.00 bits per heavy atom. The number of nitrogens with one attached hydrogen (secondary N) is 4. The van der Waals surface area contributed by atoms with Gasteiger partial charge in [0, 0.05) is 30.2 Å². The molecule has 2 unspecified atom stereocenters. The summed E-state index contributed by atoms with van der Waals surface area (Å²) in [6, 6.07) is 3.21. The normalized spacial score (nSPS) is 19.4. The Bertz CT molecular complexity index is 1080. The number of aryl methyl sites for hydroxylation is 3. The zero-order valence-corrected chi connectivity index (χ0v) is 21.6. The summed E-state index contributed by atoms with van der Waals surface area (Å²) in [5, 5.41) is 17.2. The summed E-state index contributed by atoms with van der Waals surface area (Å²) in [5.74, 6) is -0.0650. The molecule has 1 saturated heterocycles. The van der Waals surface area contributed by atoms with Gasteiger partial charge in [0.15, 0.2) is 0 Å². The van der Waals surface area contributed by atoms with Gasteiger partial charge in [0.1, 0.15) is 16.8 Å². The number of phenols is 1. The molecule has 0 bridgehead atoms. The van der Waals surface area contributed by atoms with Gasteiger partial charge in [-0.15, -0.1) is 11.3 Å². The van der Waals surface area contributed by atoms with Crippen molar-refractivity contribution in [1.29, 1.82) is 0 Å². The minimum absolute atomic E-state index is 0.133. The molecule has 190 valence electrons. The van der Waals surface area contributed by atoms with Gasteiger partial charge in [-0.3, -0.25) is 9.59 Å². The molecule has 9 heteroatoms. The van der Waals surface area contributed by atoms with E-state index in [4.69, 9.17) is 4.74 Å². The van der Waals surface area contributed by atoms with Crippen LogP contribution in [0.5, 0.6) is 5.75 Å². The maximum absolute atomic E-state index is 13.2. The van der Waals surface area contributed by atoms with Gasteiger partial charge in [-0.2, -0.15) is 0 Å². The lowest BCUT2D eigenvalue weighted by molar-refractivity contribution is -0.117. The molecule has 5 N–H and O–H groups in total. The van der Waals surface area contributed by atoms with Gasteiger partial charge >= 0.3 is 0 Å². The number of fused-ring (bicyclic) bond motifs is 1. The number of phenolic OH excluding ortho intramolecular Hbond substituents is 1. The molecule has 0 saturated carbocycles. The van der Waals surface area contributed by atoms with E-state index >= 15 is 0 Å². The van der Waals surface area contributed by atoms with Gasteiger partial charge in [0.25, 0.3) is 5.91 Å². The van der Waals surface area contributed by atoms with Crippen LogP contribution < -0.4 is 21.5 Å². The molecule has 2 aromatic rings. The quantitative estimate of drug-likeness (QED) is 0.336. The summed E-state index contributed by atoms with van der Waals surface area (Å²) in [4.78, 5) is 27.5. The second-order valence-corrected chi connectivity index (χ2v) is 10.5. The van der Waals surface area contributed by atoms with Crippen LogP contribution in [0.3, 0.4) is 0 Å². The van der Waals surface area contributed by atoms with Crippen LogP contribution in [0.1, 0.15) is 76.1 Å². The second kappa shape index (κ2) is 11.5. The lowest BCUT2D eigenvalue weighted by Crippen LogP contribution is -2.39. The molecule has 4 rings (SSSR count). The third-order valence-electron chi connectivity index (χ3n) is 6.66. The van der Waals surface area contributed by atoms with E-state index in [0.717, 1.165) is 54.4 Å². The van der Waals surface area contributed by atoms with Crippen LogP contribution in [0.2, 0.25) is 0 Å². The van der Waals surface area contributed by atoms with E-state index in [1.807, 2.05) is 32.9 Å². The van der Waals surface area contributed by atoms with Gasteiger partial charge in [-0.25, -0.2) is 10.9 Å². The molecule has 0 spiro atoms. The Balaban J connectivity index is 1.45. The van der Waals surface area contributed by atoms with E-state index in [1.165, 1.54) is 16.2 Å². The van der Waals surface area contributed by atoms with Crippen LogP contribution in [-0.2, 0) is 22.4 Å². The topological polar surface area (TPSA) is 112 Å². The predicted octanol–water partition coefficient (Wildman–Crippen LogP) is 3.65. The van der Waals surface area contributed by atoms with E-state index in [2.05, 4.69) is 21.5 Å². The highest BCUT2D eigenvalue weighted by Gasteiger charge is 2.34. The van der Waals surface area contributed by atoms with E-state index in [-0.39, 0.29) is 23.6 Å². The SMILES string of the molecule is CCOCCCNC(=O)c1c(NC(=O)C2CC(c3cc(C)cc(C)c3O)NN2)sc2c1CCCC2. The molecule has 2 amide bonds. The summed E-state index contributed by atoms with van der Waals surface area (Å²) >= 11 is 1.52. The highest BCUT2D eigenvalue weighted by molar-refractivity contribution is 7.17. The Morgan fingerprint density at radius 3 is 2.80 bits per heavy atom. The van der Waals surface area contributed by atoms with Crippen molar-refractivity contribution in [2.24, 2.45) is 0 Å². The number of hydrazine groups is 1. The molecule has 0 radical (unpaired) electrons. The maximum Gasteiger partial charge on any atom is 0.254 e. The predicted molar refractivity (Wildman–Crippen MR) is 138 cm³/mol. The zero-order chi connectivity index (χ0) is 24.9. The first-order chi connectivity index (χ1) is 16.9. The molecule has 1 fully saturated rings. The number of hydrogen-bond acceptors (Lipinski definition) is 7. The van der Waals surface area contributed by atoms with Gasteiger partial charge in [-0.05, 0) is 70.4 Å². The maximum atomic E-state index is 13.2. The monoisotopic (exact) mass is 500 g/mol. The zero-order valence-electron chi connectivity index (χ0n) is 20.8. The fourth-order valence-electron chi connectivity index (χ4n) is 4.89. The Kier molecular flexibility index (Phi) is 8.43. The molecule has 1 aliphatic carbocycles. The lowest BCUT2D eigenvalue weighted by atomic mass is 9.95.